The molecule has 1 aromatic carbocycles. The van der Waals surface area contributed by atoms with Crippen LogP contribution in [0.1, 0.15) is 0 Å². The molecule has 3 N–H and O–H groups in total. The Bertz CT molecular complexity index is 510. The Hall–Kier alpha value is -1.62. The molecule has 0 spiro atoms. The first-order chi connectivity index (χ1) is 7.09. The minimum absolute atomic E-state index is 0.0868. The molecule has 0 aliphatic heterocycles. The van der Waals surface area contributed by atoms with Crippen LogP contribution in [0.3, 0.4) is 0 Å². The fourth-order valence-electron chi connectivity index (χ4n) is 1.24. The molecule has 2 aromatic rings. The molecule has 1 heterocycles. The zero-order chi connectivity index (χ0) is 11.0. The number of nitrogens with zero attached hydrogens (tertiary/aromatic N) is 1. The molecule has 0 atom stereocenters. The summed E-state index contributed by atoms with van der Waals surface area (Å²) in [4.78, 5) is 6.18. The highest BCUT2D eigenvalue weighted by Gasteiger charge is 2.16. The molecule has 3 nitrogen and oxygen atoms in total. The minimum atomic E-state index is -0.833. The molecule has 6 heteroatoms. The highest BCUT2D eigenvalue weighted by atomic mass is 35.5. The number of nitrogens with two attached hydrogens (primary N) is 1. The van der Waals surface area contributed by atoms with Crippen LogP contribution in [0.4, 0.5) is 14.7 Å². The van der Waals surface area contributed by atoms with Crippen LogP contribution in [-0.4, -0.2) is 9.97 Å². The van der Waals surface area contributed by atoms with E-state index in [2.05, 4.69) is 9.97 Å². The van der Waals surface area contributed by atoms with Crippen LogP contribution < -0.4 is 5.73 Å². The molecule has 0 aliphatic rings. The second-order valence-corrected chi connectivity index (χ2v) is 3.31. The standard InChI is InChI=1S/C9H6ClF2N3/c10-4-1-2-5(11)7(8(4)12)6-3-14-9(13)15-6/h1-3H,(H3,13,14,15). The Balaban J connectivity index is 2.66. The van der Waals surface area contributed by atoms with Crippen LogP contribution in [0.25, 0.3) is 11.3 Å². The third-order valence-corrected chi connectivity index (χ3v) is 2.20. The summed E-state index contributed by atoms with van der Waals surface area (Å²) in [6, 6.07) is 2.23. The summed E-state index contributed by atoms with van der Waals surface area (Å²) in [5, 5.41) is -0.153. The van der Waals surface area contributed by atoms with Crippen molar-refractivity contribution in [2.75, 3.05) is 5.73 Å². The Morgan fingerprint density at radius 2 is 2.07 bits per heavy atom. The first-order valence-corrected chi connectivity index (χ1v) is 4.41. The zero-order valence-corrected chi connectivity index (χ0v) is 8.15. The maximum atomic E-state index is 13.5. The molecule has 15 heavy (non-hydrogen) atoms. The lowest BCUT2D eigenvalue weighted by Crippen LogP contribution is -1.92. The SMILES string of the molecule is Nc1ncc(-c2c(F)ccc(Cl)c2F)[nH]1. The van der Waals surface area contributed by atoms with Crippen molar-refractivity contribution in [3.05, 3.63) is 35.0 Å². The first kappa shape index (κ1) is 9.92. The van der Waals surface area contributed by atoms with Gasteiger partial charge in [-0.05, 0) is 12.1 Å². The lowest BCUT2D eigenvalue weighted by atomic mass is 10.1. The van der Waals surface area contributed by atoms with Gasteiger partial charge in [0.1, 0.15) is 5.82 Å². The number of rotatable bonds is 1. The fourth-order valence-corrected chi connectivity index (χ4v) is 1.40. The zero-order valence-electron chi connectivity index (χ0n) is 7.39. The Morgan fingerprint density at radius 3 is 2.67 bits per heavy atom. The van der Waals surface area contributed by atoms with Gasteiger partial charge in [0.2, 0.25) is 0 Å². The van der Waals surface area contributed by atoms with Gasteiger partial charge in [-0.25, -0.2) is 13.8 Å². The third kappa shape index (κ3) is 1.66. The fraction of sp³-hybridized carbons (Fsp3) is 0. The van der Waals surface area contributed by atoms with Crippen LogP contribution in [0.2, 0.25) is 5.02 Å². The molecule has 0 bridgehead atoms. The second-order valence-electron chi connectivity index (χ2n) is 2.90. The molecule has 0 saturated carbocycles. The van der Waals surface area contributed by atoms with Gasteiger partial charge in [-0.1, -0.05) is 11.6 Å². The van der Waals surface area contributed by atoms with E-state index < -0.39 is 11.6 Å². The van der Waals surface area contributed by atoms with E-state index in [9.17, 15) is 8.78 Å². The van der Waals surface area contributed by atoms with Crippen molar-refractivity contribution >= 4 is 17.5 Å². The van der Waals surface area contributed by atoms with Crippen LogP contribution in [0.15, 0.2) is 18.3 Å². The van der Waals surface area contributed by atoms with Gasteiger partial charge in [-0.2, -0.15) is 0 Å². The van der Waals surface area contributed by atoms with Gasteiger partial charge in [0.05, 0.1) is 22.5 Å². The monoisotopic (exact) mass is 229 g/mol. The molecule has 2 rings (SSSR count). The number of nitrogens with one attached hydrogen (secondary N) is 1. The summed E-state index contributed by atoms with van der Waals surface area (Å²) >= 11 is 5.54. The molecular formula is C9H6ClF2N3. The predicted octanol–water partition coefficient (Wildman–Crippen LogP) is 2.59. The molecule has 1 aromatic heterocycles. The van der Waals surface area contributed by atoms with E-state index in [1.807, 2.05) is 0 Å². The molecule has 0 amide bonds. The predicted molar refractivity (Wildman–Crippen MR) is 53.4 cm³/mol. The quantitative estimate of drug-likeness (QED) is 0.739. The Morgan fingerprint density at radius 1 is 1.33 bits per heavy atom. The maximum Gasteiger partial charge on any atom is 0.197 e. The summed E-state index contributed by atoms with van der Waals surface area (Å²) < 4.78 is 26.8. The number of aromatic amines is 1. The lowest BCUT2D eigenvalue weighted by molar-refractivity contribution is 0.589. The third-order valence-electron chi connectivity index (χ3n) is 1.91. The Kier molecular flexibility index (Phi) is 2.32. The number of H-pyrrole nitrogens is 1. The summed E-state index contributed by atoms with van der Waals surface area (Å²) in [6.07, 6.45) is 1.24. The number of imidazole rings is 1. The molecule has 0 unspecified atom stereocenters. The van der Waals surface area contributed by atoms with Crippen molar-refractivity contribution in [3.8, 4) is 11.3 Å². The topological polar surface area (TPSA) is 54.7 Å². The summed E-state index contributed by atoms with van der Waals surface area (Å²) in [7, 11) is 0. The molecule has 0 aliphatic carbocycles. The van der Waals surface area contributed by atoms with Gasteiger partial charge < -0.3 is 10.7 Å². The van der Waals surface area contributed by atoms with Crippen molar-refractivity contribution < 1.29 is 8.78 Å². The molecule has 0 saturated heterocycles. The van der Waals surface area contributed by atoms with Crippen molar-refractivity contribution in [1.29, 1.82) is 0 Å². The van der Waals surface area contributed by atoms with Crippen LogP contribution in [0.5, 0.6) is 0 Å². The van der Waals surface area contributed by atoms with Crippen molar-refractivity contribution in [3.63, 3.8) is 0 Å². The number of benzene rings is 1. The van der Waals surface area contributed by atoms with E-state index in [0.29, 0.717) is 0 Å². The van der Waals surface area contributed by atoms with Gasteiger partial charge in [0.25, 0.3) is 0 Å². The number of hydrogen-bond donors (Lipinski definition) is 2. The molecular weight excluding hydrogens is 224 g/mol. The second kappa shape index (κ2) is 3.51. The summed E-state index contributed by atoms with van der Waals surface area (Å²) in [5.41, 5.74) is 5.21. The summed E-state index contributed by atoms with van der Waals surface area (Å²) in [5.74, 6) is -1.47. The first-order valence-electron chi connectivity index (χ1n) is 4.04. The maximum absolute atomic E-state index is 13.5. The van der Waals surface area contributed by atoms with Gasteiger partial charge in [-0.3, -0.25) is 0 Å². The lowest BCUT2D eigenvalue weighted by Gasteiger charge is -2.03. The van der Waals surface area contributed by atoms with E-state index in [-0.39, 0.29) is 22.2 Å². The summed E-state index contributed by atoms with van der Waals surface area (Å²) in [6.45, 7) is 0. The van der Waals surface area contributed by atoms with Crippen molar-refractivity contribution in [2.24, 2.45) is 0 Å². The minimum Gasteiger partial charge on any atom is -0.369 e. The van der Waals surface area contributed by atoms with Crippen LogP contribution >= 0.6 is 11.6 Å². The molecule has 78 valence electrons. The van der Waals surface area contributed by atoms with E-state index in [1.165, 1.54) is 6.20 Å². The van der Waals surface area contributed by atoms with E-state index in [0.717, 1.165) is 12.1 Å². The highest BCUT2D eigenvalue weighted by Crippen LogP contribution is 2.29. The largest absolute Gasteiger partial charge is 0.369 e. The number of halogens is 3. The number of hydrogen-bond acceptors (Lipinski definition) is 2. The number of aromatic nitrogens is 2. The molecule has 0 radical (unpaired) electrons. The smallest absolute Gasteiger partial charge is 0.197 e. The average Bonchev–Trinajstić information content (AvgIpc) is 2.59. The van der Waals surface area contributed by atoms with E-state index in [4.69, 9.17) is 17.3 Å². The average molecular weight is 230 g/mol. The van der Waals surface area contributed by atoms with Gasteiger partial charge in [0.15, 0.2) is 11.8 Å². The van der Waals surface area contributed by atoms with Crippen LogP contribution in [-0.2, 0) is 0 Å². The Labute approximate surface area is 88.9 Å². The normalized spacial score (nSPS) is 10.6. The number of anilines is 1. The van der Waals surface area contributed by atoms with Gasteiger partial charge >= 0.3 is 0 Å². The van der Waals surface area contributed by atoms with Gasteiger partial charge in [0, 0.05) is 0 Å². The van der Waals surface area contributed by atoms with E-state index in [1.54, 1.807) is 0 Å². The van der Waals surface area contributed by atoms with E-state index >= 15 is 0 Å². The highest BCUT2D eigenvalue weighted by molar-refractivity contribution is 6.31. The van der Waals surface area contributed by atoms with Crippen molar-refractivity contribution in [2.45, 2.75) is 0 Å². The van der Waals surface area contributed by atoms with Crippen LogP contribution in [0, 0.1) is 11.6 Å². The molecule has 0 fully saturated rings. The number of nitrogen functional groups attached to an aromatic ring is 1. The van der Waals surface area contributed by atoms with Gasteiger partial charge in [-0.15, -0.1) is 0 Å². The van der Waals surface area contributed by atoms with Crippen molar-refractivity contribution in [1.82, 2.24) is 9.97 Å².